The van der Waals surface area contributed by atoms with Gasteiger partial charge in [0.05, 0.1) is 5.56 Å². The van der Waals surface area contributed by atoms with E-state index in [0.717, 1.165) is 16.6 Å². The summed E-state index contributed by atoms with van der Waals surface area (Å²) in [6.45, 7) is 2.58. The highest BCUT2D eigenvalue weighted by atomic mass is 16.2. The molecule has 1 aromatic heterocycles. The Hall–Kier alpha value is -2.75. The number of carbonyl (C=O) groups excluding carboxylic acids is 1. The van der Waals surface area contributed by atoms with Gasteiger partial charge in [-0.3, -0.25) is 4.79 Å². The molecular weight excluding hydrogens is 262 g/mol. The summed E-state index contributed by atoms with van der Waals surface area (Å²) in [6.07, 6.45) is 1.75. The van der Waals surface area contributed by atoms with Gasteiger partial charge in [-0.25, -0.2) is 0 Å². The lowest BCUT2D eigenvalue weighted by Crippen LogP contribution is -2.30. The molecule has 3 N–H and O–H groups in total. The van der Waals surface area contributed by atoms with Crippen LogP contribution in [0.2, 0.25) is 0 Å². The number of amides is 1. The van der Waals surface area contributed by atoms with Crippen LogP contribution in [0.25, 0.3) is 10.9 Å². The molecule has 0 atom stereocenters. The fraction of sp³-hybridized carbons (Fsp3) is 0.118. The summed E-state index contributed by atoms with van der Waals surface area (Å²) in [5.41, 5.74) is 8.93. The van der Waals surface area contributed by atoms with E-state index in [1.807, 2.05) is 55.5 Å². The number of hydrogen-bond acceptors (Lipinski definition) is 2. The monoisotopic (exact) mass is 279 g/mol. The number of fused-ring (bicyclic) bond motifs is 1. The Morgan fingerprint density at radius 1 is 1.19 bits per heavy atom. The molecule has 106 valence electrons. The van der Waals surface area contributed by atoms with Crippen molar-refractivity contribution in [1.82, 2.24) is 4.98 Å². The molecular formula is C17H17N3O. The van der Waals surface area contributed by atoms with Crippen molar-refractivity contribution >= 4 is 28.2 Å². The molecule has 0 aliphatic carbocycles. The van der Waals surface area contributed by atoms with Crippen LogP contribution in [0.15, 0.2) is 54.7 Å². The third kappa shape index (κ3) is 2.36. The molecule has 0 radical (unpaired) electrons. The lowest BCUT2D eigenvalue weighted by atomic mass is 10.1. The second-order valence-electron chi connectivity index (χ2n) is 4.89. The minimum atomic E-state index is -0.0273. The van der Waals surface area contributed by atoms with Crippen LogP contribution in [0.1, 0.15) is 17.3 Å². The maximum Gasteiger partial charge on any atom is 0.260 e. The van der Waals surface area contributed by atoms with Crippen LogP contribution in [0.5, 0.6) is 0 Å². The van der Waals surface area contributed by atoms with Gasteiger partial charge in [-0.05, 0) is 37.3 Å². The molecule has 4 nitrogen and oxygen atoms in total. The van der Waals surface area contributed by atoms with E-state index >= 15 is 0 Å². The maximum absolute atomic E-state index is 12.8. The number of rotatable bonds is 3. The smallest absolute Gasteiger partial charge is 0.260 e. The van der Waals surface area contributed by atoms with Crippen LogP contribution in [0.3, 0.4) is 0 Å². The van der Waals surface area contributed by atoms with Crippen molar-refractivity contribution in [1.29, 1.82) is 0 Å². The summed E-state index contributed by atoms with van der Waals surface area (Å²) in [5, 5.41) is 0.856. The van der Waals surface area contributed by atoms with Crippen molar-refractivity contribution in [2.45, 2.75) is 6.92 Å². The number of H-pyrrole nitrogens is 1. The molecule has 0 aliphatic rings. The van der Waals surface area contributed by atoms with Gasteiger partial charge in [0, 0.05) is 35.0 Å². The topological polar surface area (TPSA) is 62.1 Å². The van der Waals surface area contributed by atoms with Crippen LogP contribution in [0, 0.1) is 0 Å². The van der Waals surface area contributed by atoms with Gasteiger partial charge in [-0.2, -0.15) is 0 Å². The zero-order valence-corrected chi connectivity index (χ0v) is 11.8. The molecule has 3 aromatic rings. The van der Waals surface area contributed by atoms with E-state index in [2.05, 4.69) is 4.98 Å². The molecule has 0 saturated carbocycles. The number of anilines is 2. The molecule has 0 aliphatic heterocycles. The summed E-state index contributed by atoms with van der Waals surface area (Å²) in [5.74, 6) is -0.0273. The van der Waals surface area contributed by atoms with Gasteiger partial charge < -0.3 is 15.6 Å². The summed E-state index contributed by atoms with van der Waals surface area (Å²) in [4.78, 5) is 17.7. The predicted octanol–water partition coefficient (Wildman–Crippen LogP) is 3.42. The van der Waals surface area contributed by atoms with Crippen LogP contribution < -0.4 is 10.6 Å². The number of nitrogens with one attached hydrogen (secondary N) is 1. The largest absolute Gasteiger partial charge is 0.399 e. The average molecular weight is 279 g/mol. The Bertz CT molecular complexity index is 777. The van der Waals surface area contributed by atoms with E-state index in [1.54, 1.807) is 11.1 Å². The summed E-state index contributed by atoms with van der Waals surface area (Å²) in [6, 6.07) is 15.2. The van der Waals surface area contributed by atoms with Gasteiger partial charge in [0.15, 0.2) is 0 Å². The Morgan fingerprint density at radius 3 is 2.67 bits per heavy atom. The molecule has 0 fully saturated rings. The van der Waals surface area contributed by atoms with Gasteiger partial charge in [0.25, 0.3) is 5.91 Å². The average Bonchev–Trinajstić information content (AvgIpc) is 2.92. The molecule has 0 unspecified atom stereocenters. The fourth-order valence-electron chi connectivity index (χ4n) is 2.51. The van der Waals surface area contributed by atoms with E-state index in [4.69, 9.17) is 5.73 Å². The highest BCUT2D eigenvalue weighted by Gasteiger charge is 2.19. The molecule has 21 heavy (non-hydrogen) atoms. The first-order valence-corrected chi connectivity index (χ1v) is 6.94. The molecule has 1 heterocycles. The zero-order chi connectivity index (χ0) is 14.8. The molecule has 0 bridgehead atoms. The first-order valence-electron chi connectivity index (χ1n) is 6.94. The van der Waals surface area contributed by atoms with Gasteiger partial charge >= 0.3 is 0 Å². The minimum absolute atomic E-state index is 0.0273. The number of nitrogen functional groups attached to an aromatic ring is 1. The van der Waals surface area contributed by atoms with Crippen LogP contribution in [0.4, 0.5) is 11.4 Å². The lowest BCUT2D eigenvalue weighted by Gasteiger charge is -2.20. The third-order valence-corrected chi connectivity index (χ3v) is 3.57. The first-order chi connectivity index (χ1) is 10.2. The number of hydrogen-bond donors (Lipinski definition) is 2. The fourth-order valence-corrected chi connectivity index (χ4v) is 2.51. The molecule has 1 amide bonds. The summed E-state index contributed by atoms with van der Waals surface area (Å²) < 4.78 is 0. The number of aromatic nitrogens is 1. The standard InChI is InChI=1S/C17H17N3O/c1-2-20(13-6-4-3-5-7-13)17(21)15-11-19-16-9-8-12(18)10-14(15)16/h3-11,19H,2,18H2,1H3. The van der Waals surface area contributed by atoms with Crippen molar-refractivity contribution in [2.24, 2.45) is 0 Å². The van der Waals surface area contributed by atoms with Crippen LogP contribution in [-0.4, -0.2) is 17.4 Å². The van der Waals surface area contributed by atoms with Gasteiger partial charge in [-0.15, -0.1) is 0 Å². The Morgan fingerprint density at radius 2 is 1.95 bits per heavy atom. The van der Waals surface area contributed by atoms with Gasteiger partial charge in [-0.1, -0.05) is 18.2 Å². The normalized spacial score (nSPS) is 10.7. The van der Waals surface area contributed by atoms with Crippen LogP contribution in [-0.2, 0) is 0 Å². The minimum Gasteiger partial charge on any atom is -0.399 e. The Labute approximate surface area is 123 Å². The lowest BCUT2D eigenvalue weighted by molar-refractivity contribution is 0.0990. The number of para-hydroxylation sites is 1. The second kappa shape index (κ2) is 5.32. The number of carbonyl (C=O) groups is 1. The number of nitrogens with zero attached hydrogens (tertiary/aromatic N) is 1. The molecule has 0 spiro atoms. The quantitative estimate of drug-likeness (QED) is 0.722. The number of nitrogens with two attached hydrogens (primary N) is 1. The molecule has 2 aromatic carbocycles. The van der Waals surface area contributed by atoms with E-state index in [9.17, 15) is 4.79 Å². The van der Waals surface area contributed by atoms with E-state index in [-0.39, 0.29) is 5.91 Å². The van der Waals surface area contributed by atoms with Crippen molar-refractivity contribution in [3.63, 3.8) is 0 Å². The van der Waals surface area contributed by atoms with Crippen LogP contribution >= 0.6 is 0 Å². The molecule has 0 saturated heterocycles. The van der Waals surface area contributed by atoms with Gasteiger partial charge in [0.2, 0.25) is 0 Å². The Balaban J connectivity index is 2.05. The highest BCUT2D eigenvalue weighted by molar-refractivity contribution is 6.14. The van der Waals surface area contributed by atoms with E-state index in [0.29, 0.717) is 17.8 Å². The van der Waals surface area contributed by atoms with Crippen molar-refractivity contribution in [3.8, 4) is 0 Å². The maximum atomic E-state index is 12.8. The molecule has 4 heteroatoms. The highest BCUT2D eigenvalue weighted by Crippen LogP contribution is 2.24. The number of aromatic amines is 1. The summed E-state index contributed by atoms with van der Waals surface area (Å²) in [7, 11) is 0. The van der Waals surface area contributed by atoms with Gasteiger partial charge in [0.1, 0.15) is 0 Å². The van der Waals surface area contributed by atoms with Crippen molar-refractivity contribution in [2.75, 3.05) is 17.2 Å². The van der Waals surface area contributed by atoms with E-state index in [1.165, 1.54) is 0 Å². The zero-order valence-electron chi connectivity index (χ0n) is 11.8. The van der Waals surface area contributed by atoms with Crippen molar-refractivity contribution in [3.05, 3.63) is 60.3 Å². The summed E-state index contributed by atoms with van der Waals surface area (Å²) >= 11 is 0. The van der Waals surface area contributed by atoms with Crippen molar-refractivity contribution < 1.29 is 4.79 Å². The third-order valence-electron chi connectivity index (χ3n) is 3.57. The van der Waals surface area contributed by atoms with E-state index < -0.39 is 0 Å². The second-order valence-corrected chi connectivity index (χ2v) is 4.89. The SMILES string of the molecule is CCN(C(=O)c1c[nH]c2ccc(N)cc12)c1ccccc1. The Kier molecular flexibility index (Phi) is 3.36. The first kappa shape index (κ1) is 13.2. The predicted molar refractivity (Wildman–Crippen MR) is 86.5 cm³/mol. The molecule has 3 rings (SSSR count). The number of benzene rings is 2.